The number of rotatable bonds is 3. The van der Waals surface area contributed by atoms with E-state index in [1.807, 2.05) is 0 Å². The Morgan fingerprint density at radius 3 is 2.29 bits per heavy atom. The number of benzene rings is 2. The van der Waals surface area contributed by atoms with E-state index in [4.69, 9.17) is 28.3 Å². The number of nitrogens with two attached hydrogens (primary N) is 1. The van der Waals surface area contributed by atoms with Crippen LogP contribution in [0.3, 0.4) is 0 Å². The van der Waals surface area contributed by atoms with Gasteiger partial charge in [-0.25, -0.2) is 13.6 Å². The molecule has 0 amide bonds. The van der Waals surface area contributed by atoms with Crippen LogP contribution in [-0.2, 0) is 23.2 Å². The van der Waals surface area contributed by atoms with E-state index in [-0.39, 0.29) is 37.3 Å². The van der Waals surface area contributed by atoms with E-state index in [1.165, 1.54) is 42.5 Å². The SMILES string of the molecule is Cn1nc(-c2ccccc2S(N)(=O)=O)c(-c2ccc(Cl)cc2Cl)c1C(F)(F)F. The molecular weight excluding hydrogens is 438 g/mol. The number of alkyl halides is 3. The first kappa shape index (κ1) is 20.7. The van der Waals surface area contributed by atoms with Gasteiger partial charge in [0.15, 0.2) is 5.69 Å². The average Bonchev–Trinajstić information content (AvgIpc) is 2.91. The normalized spacial score (nSPS) is 12.4. The summed E-state index contributed by atoms with van der Waals surface area (Å²) in [4.78, 5) is -0.354. The fourth-order valence-electron chi connectivity index (χ4n) is 2.90. The molecule has 0 aliphatic carbocycles. The van der Waals surface area contributed by atoms with Gasteiger partial charge in [0.05, 0.1) is 9.92 Å². The minimum atomic E-state index is -4.78. The third-order valence-corrected chi connectivity index (χ3v) is 5.48. The molecule has 0 aliphatic heterocycles. The molecule has 0 saturated heterocycles. The second-order valence-electron chi connectivity index (χ2n) is 5.86. The Kier molecular flexibility index (Phi) is 5.22. The van der Waals surface area contributed by atoms with Gasteiger partial charge in [0, 0.05) is 28.8 Å². The summed E-state index contributed by atoms with van der Waals surface area (Å²) in [6, 6.07) is 9.40. The van der Waals surface area contributed by atoms with E-state index >= 15 is 0 Å². The molecular formula is C17H12Cl2F3N3O2S. The summed E-state index contributed by atoms with van der Waals surface area (Å²) >= 11 is 12.0. The predicted molar refractivity (Wildman–Crippen MR) is 100 cm³/mol. The number of hydrogen-bond donors (Lipinski definition) is 1. The first-order valence-electron chi connectivity index (χ1n) is 7.63. The molecule has 28 heavy (non-hydrogen) atoms. The van der Waals surface area contributed by atoms with Crippen molar-refractivity contribution >= 4 is 33.2 Å². The maximum atomic E-state index is 13.8. The molecule has 1 heterocycles. The van der Waals surface area contributed by atoms with E-state index in [9.17, 15) is 21.6 Å². The molecule has 0 saturated carbocycles. The van der Waals surface area contributed by atoms with Gasteiger partial charge >= 0.3 is 6.18 Å². The quantitative estimate of drug-likeness (QED) is 0.627. The molecule has 3 aromatic rings. The van der Waals surface area contributed by atoms with Gasteiger partial charge in [-0.2, -0.15) is 18.3 Å². The zero-order valence-corrected chi connectivity index (χ0v) is 16.5. The highest BCUT2D eigenvalue weighted by Crippen LogP contribution is 2.45. The van der Waals surface area contributed by atoms with E-state index in [0.717, 1.165) is 7.05 Å². The maximum Gasteiger partial charge on any atom is 0.433 e. The maximum absolute atomic E-state index is 13.8. The summed E-state index contributed by atoms with van der Waals surface area (Å²) in [5, 5.41) is 9.38. The predicted octanol–water partition coefficient (Wildman–Crippen LogP) is 4.73. The van der Waals surface area contributed by atoms with Crippen LogP contribution in [0.15, 0.2) is 47.4 Å². The van der Waals surface area contributed by atoms with Crippen LogP contribution in [0.2, 0.25) is 10.0 Å². The standard InChI is InChI=1S/C17H12Cl2F3N3O2S/c1-25-16(17(20,21)22)14(10-7-6-9(18)8-12(10)19)15(24-25)11-4-2-3-5-13(11)28(23,26)27/h2-8H,1H3,(H2,23,26,27). The third kappa shape index (κ3) is 3.75. The molecule has 148 valence electrons. The first-order chi connectivity index (χ1) is 12.9. The Labute approximate surface area is 168 Å². The molecule has 0 unspecified atom stereocenters. The molecule has 0 spiro atoms. The van der Waals surface area contributed by atoms with Crippen molar-refractivity contribution in [3.05, 3.63) is 58.2 Å². The molecule has 1 aromatic heterocycles. The van der Waals surface area contributed by atoms with Crippen molar-refractivity contribution < 1.29 is 21.6 Å². The number of nitrogens with zero attached hydrogens (tertiary/aromatic N) is 2. The van der Waals surface area contributed by atoms with Gasteiger partial charge < -0.3 is 0 Å². The molecule has 0 fully saturated rings. The lowest BCUT2D eigenvalue weighted by molar-refractivity contribution is -0.143. The van der Waals surface area contributed by atoms with Gasteiger partial charge in [0.25, 0.3) is 0 Å². The van der Waals surface area contributed by atoms with E-state index in [0.29, 0.717) is 4.68 Å². The highest BCUT2D eigenvalue weighted by Gasteiger charge is 2.40. The number of sulfonamides is 1. The van der Waals surface area contributed by atoms with Crippen molar-refractivity contribution in [2.45, 2.75) is 11.1 Å². The van der Waals surface area contributed by atoms with Gasteiger partial charge in [0.1, 0.15) is 5.69 Å². The molecule has 0 atom stereocenters. The van der Waals surface area contributed by atoms with Crippen LogP contribution in [0, 0.1) is 0 Å². The molecule has 0 bridgehead atoms. The van der Waals surface area contributed by atoms with Crippen LogP contribution in [-0.4, -0.2) is 18.2 Å². The molecule has 0 aliphatic rings. The van der Waals surface area contributed by atoms with Crippen LogP contribution in [0.5, 0.6) is 0 Å². The van der Waals surface area contributed by atoms with Gasteiger partial charge in [-0.3, -0.25) is 4.68 Å². The highest BCUT2D eigenvalue weighted by molar-refractivity contribution is 7.89. The summed E-state index contributed by atoms with van der Waals surface area (Å²) < 4.78 is 65.9. The second-order valence-corrected chi connectivity index (χ2v) is 8.23. The zero-order valence-electron chi connectivity index (χ0n) is 14.1. The van der Waals surface area contributed by atoms with E-state index in [1.54, 1.807) is 0 Å². The molecule has 11 heteroatoms. The van der Waals surface area contributed by atoms with Crippen LogP contribution < -0.4 is 5.14 Å². The van der Waals surface area contributed by atoms with Crippen molar-refractivity contribution in [2.24, 2.45) is 12.2 Å². The van der Waals surface area contributed by atoms with E-state index < -0.39 is 21.9 Å². The van der Waals surface area contributed by atoms with Crippen LogP contribution in [0.4, 0.5) is 13.2 Å². The zero-order chi connectivity index (χ0) is 20.9. The third-order valence-electron chi connectivity index (χ3n) is 3.96. The summed E-state index contributed by atoms with van der Waals surface area (Å²) in [5.74, 6) is 0. The van der Waals surface area contributed by atoms with Crippen molar-refractivity contribution in [2.75, 3.05) is 0 Å². The molecule has 3 rings (SSSR count). The topological polar surface area (TPSA) is 78.0 Å². The molecule has 0 radical (unpaired) electrons. The average molecular weight is 450 g/mol. The largest absolute Gasteiger partial charge is 0.433 e. The first-order valence-corrected chi connectivity index (χ1v) is 9.93. The Morgan fingerprint density at radius 2 is 1.71 bits per heavy atom. The highest BCUT2D eigenvalue weighted by atomic mass is 35.5. The molecule has 2 aromatic carbocycles. The Hall–Kier alpha value is -2.07. The number of hydrogen-bond acceptors (Lipinski definition) is 3. The Bertz CT molecular complexity index is 1170. The minimum Gasteiger partial charge on any atom is -0.262 e. The summed E-state index contributed by atoms with van der Waals surface area (Å²) in [7, 11) is -3.11. The van der Waals surface area contributed by atoms with Gasteiger partial charge in [0.2, 0.25) is 10.0 Å². The Morgan fingerprint density at radius 1 is 1.07 bits per heavy atom. The lowest BCUT2D eigenvalue weighted by Gasteiger charge is -2.13. The van der Waals surface area contributed by atoms with Gasteiger partial charge in [-0.05, 0) is 18.2 Å². The number of aryl methyl sites for hydroxylation is 1. The van der Waals surface area contributed by atoms with Crippen molar-refractivity contribution in [3.8, 4) is 22.4 Å². The van der Waals surface area contributed by atoms with Crippen LogP contribution >= 0.6 is 23.2 Å². The summed E-state index contributed by atoms with van der Waals surface area (Å²) in [6.07, 6.45) is -4.78. The minimum absolute atomic E-state index is 0.00529. The summed E-state index contributed by atoms with van der Waals surface area (Å²) in [6.45, 7) is 0. The fraction of sp³-hybridized carbons (Fsp3) is 0.118. The number of primary sulfonamides is 1. The van der Waals surface area contributed by atoms with Crippen molar-refractivity contribution in [3.63, 3.8) is 0 Å². The smallest absolute Gasteiger partial charge is 0.262 e. The van der Waals surface area contributed by atoms with Crippen molar-refractivity contribution in [1.29, 1.82) is 0 Å². The van der Waals surface area contributed by atoms with Gasteiger partial charge in [-0.1, -0.05) is 47.5 Å². The Balaban J connectivity index is 2.46. The molecule has 5 nitrogen and oxygen atoms in total. The second kappa shape index (κ2) is 7.07. The van der Waals surface area contributed by atoms with Crippen LogP contribution in [0.25, 0.3) is 22.4 Å². The fourth-order valence-corrected chi connectivity index (χ4v) is 4.14. The molecule has 2 N–H and O–H groups in total. The van der Waals surface area contributed by atoms with Gasteiger partial charge in [-0.15, -0.1) is 0 Å². The van der Waals surface area contributed by atoms with Crippen molar-refractivity contribution in [1.82, 2.24) is 9.78 Å². The van der Waals surface area contributed by atoms with E-state index in [2.05, 4.69) is 5.10 Å². The lowest BCUT2D eigenvalue weighted by Crippen LogP contribution is -2.13. The number of aromatic nitrogens is 2. The summed E-state index contributed by atoms with van der Waals surface area (Å²) in [5.41, 5.74) is -1.74. The van der Waals surface area contributed by atoms with Crippen LogP contribution in [0.1, 0.15) is 5.69 Å². The lowest BCUT2D eigenvalue weighted by atomic mass is 9.98. The monoisotopic (exact) mass is 449 g/mol. The number of halogens is 5.